The number of halogens is 1. The zero-order chi connectivity index (χ0) is 11.8. The van der Waals surface area contributed by atoms with Crippen LogP contribution < -0.4 is 4.74 Å². The van der Waals surface area contributed by atoms with E-state index in [1.807, 2.05) is 0 Å². The third-order valence-corrected chi connectivity index (χ3v) is 2.31. The summed E-state index contributed by atoms with van der Waals surface area (Å²) >= 11 is 5.97. The van der Waals surface area contributed by atoms with Crippen LogP contribution in [0.2, 0.25) is 5.02 Å². The lowest BCUT2D eigenvalue weighted by molar-refractivity contribution is 0.101. The Kier molecular flexibility index (Phi) is 6.23. The average Bonchev–Trinajstić information content (AvgIpc) is 2.30. The highest BCUT2D eigenvalue weighted by atomic mass is 35.5. The molecule has 0 saturated carbocycles. The van der Waals surface area contributed by atoms with E-state index in [9.17, 15) is 0 Å². The monoisotopic (exact) mass is 244 g/mol. The molecule has 0 saturated heterocycles. The molecule has 0 aliphatic carbocycles. The Bertz CT molecular complexity index is 315. The Morgan fingerprint density at radius 3 is 2.69 bits per heavy atom. The van der Waals surface area contributed by atoms with Crippen LogP contribution in [0.15, 0.2) is 18.2 Å². The molecule has 1 aromatic rings. The van der Waals surface area contributed by atoms with Gasteiger partial charge in [0.15, 0.2) is 0 Å². The highest BCUT2D eigenvalue weighted by molar-refractivity contribution is 6.32. The molecule has 0 radical (unpaired) electrons. The summed E-state index contributed by atoms with van der Waals surface area (Å²) in [6, 6.07) is 5.24. The van der Waals surface area contributed by atoms with Gasteiger partial charge in [-0.15, -0.1) is 0 Å². The van der Waals surface area contributed by atoms with Gasteiger partial charge in [-0.3, -0.25) is 0 Å². The third kappa shape index (κ3) is 4.39. The van der Waals surface area contributed by atoms with Gasteiger partial charge in [-0.1, -0.05) is 24.6 Å². The van der Waals surface area contributed by atoms with Crippen molar-refractivity contribution in [2.75, 3.05) is 19.8 Å². The van der Waals surface area contributed by atoms with Crippen LogP contribution in [0.3, 0.4) is 0 Å². The molecule has 3 nitrogen and oxygen atoms in total. The van der Waals surface area contributed by atoms with Crippen LogP contribution in [0.4, 0.5) is 0 Å². The fourth-order valence-electron chi connectivity index (χ4n) is 1.22. The van der Waals surface area contributed by atoms with Crippen LogP contribution in [0.1, 0.15) is 18.9 Å². The topological polar surface area (TPSA) is 38.7 Å². The molecule has 1 N–H and O–H groups in total. The van der Waals surface area contributed by atoms with Crippen LogP contribution in [0, 0.1) is 0 Å². The van der Waals surface area contributed by atoms with E-state index >= 15 is 0 Å². The van der Waals surface area contributed by atoms with Gasteiger partial charge in [0.25, 0.3) is 0 Å². The highest BCUT2D eigenvalue weighted by Crippen LogP contribution is 2.25. The Morgan fingerprint density at radius 2 is 2.06 bits per heavy atom. The Hall–Kier alpha value is -0.770. The predicted molar refractivity (Wildman–Crippen MR) is 64.0 cm³/mol. The van der Waals surface area contributed by atoms with Crippen LogP contribution in [0.25, 0.3) is 0 Å². The van der Waals surface area contributed by atoms with Crippen molar-refractivity contribution in [1.29, 1.82) is 0 Å². The fourth-order valence-corrected chi connectivity index (χ4v) is 1.47. The first-order valence-corrected chi connectivity index (χ1v) is 5.75. The van der Waals surface area contributed by atoms with Gasteiger partial charge in [0, 0.05) is 6.61 Å². The second-order valence-corrected chi connectivity index (χ2v) is 3.79. The molecular weight excluding hydrogens is 228 g/mol. The molecule has 0 aromatic heterocycles. The molecule has 0 bridgehead atoms. The maximum absolute atomic E-state index is 8.91. The lowest BCUT2D eigenvalue weighted by Crippen LogP contribution is -2.07. The minimum atomic E-state index is -0.0143. The molecule has 0 amide bonds. The highest BCUT2D eigenvalue weighted by Gasteiger charge is 2.02. The average molecular weight is 245 g/mol. The normalized spacial score (nSPS) is 10.4. The summed E-state index contributed by atoms with van der Waals surface area (Å²) in [5.41, 5.74) is 0.777. The number of rotatable bonds is 7. The first-order valence-electron chi connectivity index (χ1n) is 5.37. The number of hydrogen-bond acceptors (Lipinski definition) is 3. The van der Waals surface area contributed by atoms with E-state index in [2.05, 4.69) is 6.92 Å². The van der Waals surface area contributed by atoms with Gasteiger partial charge in [0.1, 0.15) is 12.4 Å². The molecule has 0 aliphatic rings. The van der Waals surface area contributed by atoms with E-state index in [1.165, 1.54) is 0 Å². The minimum absolute atomic E-state index is 0.0143. The summed E-state index contributed by atoms with van der Waals surface area (Å²) in [5, 5.41) is 9.42. The number of benzene rings is 1. The van der Waals surface area contributed by atoms with Crippen molar-refractivity contribution in [3.8, 4) is 5.75 Å². The smallest absolute Gasteiger partial charge is 0.138 e. The Labute approximate surface area is 101 Å². The summed E-state index contributed by atoms with van der Waals surface area (Å²) in [4.78, 5) is 0. The van der Waals surface area contributed by atoms with E-state index in [0.29, 0.717) is 24.0 Å². The molecule has 4 heteroatoms. The number of hydrogen-bond donors (Lipinski definition) is 1. The molecule has 1 aromatic carbocycles. The number of aliphatic hydroxyl groups is 1. The summed E-state index contributed by atoms with van der Waals surface area (Å²) < 4.78 is 10.7. The zero-order valence-corrected chi connectivity index (χ0v) is 10.2. The minimum Gasteiger partial charge on any atom is -0.490 e. The standard InChI is InChI=1S/C12H17ClO3/c1-2-5-15-6-7-16-12-4-3-10(9-14)8-11(12)13/h3-4,8,14H,2,5-7,9H2,1H3. The van der Waals surface area contributed by atoms with E-state index in [0.717, 1.165) is 18.6 Å². The molecule has 0 heterocycles. The lowest BCUT2D eigenvalue weighted by atomic mass is 10.2. The quantitative estimate of drug-likeness (QED) is 0.750. The van der Waals surface area contributed by atoms with Crippen LogP contribution in [-0.4, -0.2) is 24.9 Å². The van der Waals surface area contributed by atoms with Gasteiger partial charge in [0.2, 0.25) is 0 Å². The van der Waals surface area contributed by atoms with Crippen molar-refractivity contribution in [2.24, 2.45) is 0 Å². The largest absolute Gasteiger partial charge is 0.490 e. The van der Waals surface area contributed by atoms with Gasteiger partial charge in [-0.2, -0.15) is 0 Å². The SMILES string of the molecule is CCCOCCOc1ccc(CO)cc1Cl. The molecule has 1 rings (SSSR count). The molecule has 0 unspecified atom stereocenters. The summed E-state index contributed by atoms with van der Waals surface area (Å²) in [6.07, 6.45) is 1.01. The molecule has 16 heavy (non-hydrogen) atoms. The van der Waals surface area contributed by atoms with Crippen molar-refractivity contribution < 1.29 is 14.6 Å². The maximum Gasteiger partial charge on any atom is 0.138 e. The zero-order valence-electron chi connectivity index (χ0n) is 9.41. The first-order chi connectivity index (χ1) is 7.77. The molecule has 0 fully saturated rings. The lowest BCUT2D eigenvalue weighted by Gasteiger charge is -2.09. The van der Waals surface area contributed by atoms with Crippen molar-refractivity contribution in [1.82, 2.24) is 0 Å². The van der Waals surface area contributed by atoms with Gasteiger partial charge in [-0.25, -0.2) is 0 Å². The van der Waals surface area contributed by atoms with Crippen LogP contribution >= 0.6 is 11.6 Å². The third-order valence-electron chi connectivity index (χ3n) is 2.01. The van der Waals surface area contributed by atoms with E-state index < -0.39 is 0 Å². The maximum atomic E-state index is 8.91. The summed E-state index contributed by atoms with van der Waals surface area (Å²) in [7, 11) is 0. The first kappa shape index (κ1) is 13.3. The van der Waals surface area contributed by atoms with Gasteiger partial charge in [0.05, 0.1) is 18.2 Å². The van der Waals surface area contributed by atoms with Gasteiger partial charge < -0.3 is 14.6 Å². The Balaban J connectivity index is 2.36. The predicted octanol–water partition coefficient (Wildman–Crippen LogP) is 2.64. The van der Waals surface area contributed by atoms with Crippen molar-refractivity contribution in [2.45, 2.75) is 20.0 Å². The van der Waals surface area contributed by atoms with Crippen molar-refractivity contribution >= 4 is 11.6 Å². The summed E-state index contributed by atoms with van der Waals surface area (Å²) in [6.45, 7) is 3.84. The summed E-state index contributed by atoms with van der Waals surface area (Å²) in [5.74, 6) is 0.624. The van der Waals surface area contributed by atoms with E-state index in [1.54, 1.807) is 18.2 Å². The second-order valence-electron chi connectivity index (χ2n) is 3.38. The molecule has 0 spiro atoms. The van der Waals surface area contributed by atoms with Crippen LogP contribution in [0.5, 0.6) is 5.75 Å². The molecule has 0 aliphatic heterocycles. The number of ether oxygens (including phenoxy) is 2. The van der Waals surface area contributed by atoms with Crippen molar-refractivity contribution in [3.05, 3.63) is 28.8 Å². The second kappa shape index (κ2) is 7.49. The van der Waals surface area contributed by atoms with Gasteiger partial charge >= 0.3 is 0 Å². The van der Waals surface area contributed by atoms with E-state index in [4.69, 9.17) is 26.2 Å². The van der Waals surface area contributed by atoms with E-state index in [-0.39, 0.29) is 6.61 Å². The molecular formula is C12H17ClO3. The van der Waals surface area contributed by atoms with Crippen LogP contribution in [-0.2, 0) is 11.3 Å². The number of aliphatic hydroxyl groups excluding tert-OH is 1. The van der Waals surface area contributed by atoms with Gasteiger partial charge in [-0.05, 0) is 24.1 Å². The van der Waals surface area contributed by atoms with Crippen molar-refractivity contribution in [3.63, 3.8) is 0 Å². The Morgan fingerprint density at radius 1 is 1.25 bits per heavy atom. The molecule has 90 valence electrons. The fraction of sp³-hybridized carbons (Fsp3) is 0.500. The molecule has 0 atom stereocenters.